The minimum atomic E-state index is -6.00. The number of ether oxygens (including phenoxy) is 1. The first-order chi connectivity index (χ1) is 9.77. The SMILES string of the molecule is CCOC(=O)n1n[n+](CC)c2ccccc21.F[B-](F)(F)F. The first-order valence-electron chi connectivity index (χ1n) is 6.20. The molecule has 0 bridgehead atoms. The van der Waals surface area contributed by atoms with Gasteiger partial charge in [0.1, 0.15) is 11.8 Å². The van der Waals surface area contributed by atoms with Crippen molar-refractivity contribution in [3.63, 3.8) is 0 Å². The minimum absolute atomic E-state index is 0.346. The standard InChI is InChI=1S/C11H14N3O2.BF4/c1-3-13-9-7-5-6-8-10(9)14(12-13)11(15)16-4-2;2-1(3,4)5/h5-8H,3-4H2,1-2H3;/q+1;-1. The highest BCUT2D eigenvalue weighted by molar-refractivity contribution is 6.50. The van der Waals surface area contributed by atoms with Crippen LogP contribution in [0.5, 0.6) is 0 Å². The molecule has 0 aliphatic heterocycles. The molecule has 2 aromatic rings. The Morgan fingerprint density at radius 2 is 1.86 bits per heavy atom. The van der Waals surface area contributed by atoms with E-state index in [4.69, 9.17) is 4.74 Å². The van der Waals surface area contributed by atoms with E-state index in [1.165, 1.54) is 4.68 Å². The summed E-state index contributed by atoms with van der Waals surface area (Å²) in [7, 11) is -6.00. The smallest absolute Gasteiger partial charge is 0.430 e. The Balaban J connectivity index is 0.000000383. The van der Waals surface area contributed by atoms with Crippen LogP contribution < -0.4 is 4.68 Å². The van der Waals surface area contributed by atoms with Crippen molar-refractivity contribution < 1.29 is 31.5 Å². The summed E-state index contributed by atoms with van der Waals surface area (Å²) in [5.41, 5.74) is 1.70. The molecule has 5 nitrogen and oxygen atoms in total. The lowest BCUT2D eigenvalue weighted by Gasteiger charge is -1.94. The maximum Gasteiger partial charge on any atom is 0.673 e. The van der Waals surface area contributed by atoms with Gasteiger partial charge in [-0.3, -0.25) is 0 Å². The number of aryl methyl sites for hydroxylation is 1. The fourth-order valence-corrected chi connectivity index (χ4v) is 1.62. The van der Waals surface area contributed by atoms with Crippen molar-refractivity contribution in [2.45, 2.75) is 20.4 Å². The molecule has 0 saturated carbocycles. The number of rotatable bonds is 2. The van der Waals surface area contributed by atoms with Gasteiger partial charge in [-0.25, -0.2) is 0 Å². The van der Waals surface area contributed by atoms with E-state index in [0.29, 0.717) is 13.2 Å². The van der Waals surface area contributed by atoms with Crippen LogP contribution in [0.25, 0.3) is 11.0 Å². The molecular formula is C11H14BF4N3O2. The Bertz CT molecular complexity index is 609. The Kier molecular flexibility index (Phi) is 5.68. The molecule has 0 spiro atoms. The lowest BCUT2D eigenvalue weighted by molar-refractivity contribution is -0.728. The zero-order valence-electron chi connectivity index (χ0n) is 11.5. The fourth-order valence-electron chi connectivity index (χ4n) is 1.62. The van der Waals surface area contributed by atoms with Crippen LogP contribution >= 0.6 is 0 Å². The molecule has 0 unspecified atom stereocenters. The predicted molar refractivity (Wildman–Crippen MR) is 68.2 cm³/mol. The van der Waals surface area contributed by atoms with Crippen LogP contribution in [0.15, 0.2) is 24.3 Å². The fraction of sp³-hybridized carbons (Fsp3) is 0.364. The maximum absolute atomic E-state index is 11.7. The number of hydrogen-bond acceptors (Lipinski definition) is 3. The maximum atomic E-state index is 11.7. The number of carbonyl (C=O) groups excluding carboxylic acids is 1. The van der Waals surface area contributed by atoms with Crippen LogP contribution in [-0.4, -0.2) is 29.8 Å². The van der Waals surface area contributed by atoms with Crippen molar-refractivity contribution in [3.8, 4) is 0 Å². The molecular weight excluding hydrogens is 293 g/mol. The molecule has 0 saturated heterocycles. The number of halogens is 4. The van der Waals surface area contributed by atoms with E-state index >= 15 is 0 Å². The summed E-state index contributed by atoms with van der Waals surface area (Å²) in [4.78, 5) is 11.7. The molecule has 10 heteroatoms. The molecule has 0 atom stereocenters. The summed E-state index contributed by atoms with van der Waals surface area (Å²) in [5.74, 6) is 0. The summed E-state index contributed by atoms with van der Waals surface area (Å²) in [6.45, 7) is 4.82. The number of nitrogens with zero attached hydrogens (tertiary/aromatic N) is 3. The Labute approximate surface area is 118 Å². The average Bonchev–Trinajstić information content (AvgIpc) is 2.76. The molecule has 0 N–H and O–H groups in total. The lowest BCUT2D eigenvalue weighted by Crippen LogP contribution is -2.36. The second kappa shape index (κ2) is 7.05. The molecule has 0 aliphatic carbocycles. The quantitative estimate of drug-likeness (QED) is 0.487. The van der Waals surface area contributed by atoms with Crippen molar-refractivity contribution >= 4 is 24.4 Å². The lowest BCUT2D eigenvalue weighted by atomic mass is 10.3. The summed E-state index contributed by atoms with van der Waals surface area (Å²) in [6.07, 6.45) is -0.439. The van der Waals surface area contributed by atoms with E-state index in [1.54, 1.807) is 11.6 Å². The third kappa shape index (κ3) is 5.05. The second-order valence-corrected chi connectivity index (χ2v) is 3.80. The first-order valence-corrected chi connectivity index (χ1v) is 6.20. The predicted octanol–water partition coefficient (Wildman–Crippen LogP) is 2.65. The van der Waals surface area contributed by atoms with E-state index in [1.807, 2.05) is 31.2 Å². The highest BCUT2D eigenvalue weighted by Gasteiger charge is 2.23. The molecule has 0 radical (unpaired) electrons. The summed E-state index contributed by atoms with van der Waals surface area (Å²) >= 11 is 0. The monoisotopic (exact) mass is 307 g/mol. The number of benzene rings is 1. The van der Waals surface area contributed by atoms with Crippen molar-refractivity contribution in [1.82, 2.24) is 9.90 Å². The Morgan fingerprint density at radius 3 is 2.38 bits per heavy atom. The van der Waals surface area contributed by atoms with Crippen molar-refractivity contribution in [2.24, 2.45) is 0 Å². The number of hydrogen-bond donors (Lipinski definition) is 0. The van der Waals surface area contributed by atoms with Gasteiger partial charge in [-0.15, -0.1) is 4.68 Å². The molecule has 1 aromatic carbocycles. The zero-order valence-corrected chi connectivity index (χ0v) is 11.5. The molecule has 2 rings (SSSR count). The Hall–Kier alpha value is -2.13. The number of carbonyl (C=O) groups is 1. The van der Waals surface area contributed by atoms with Gasteiger partial charge in [0, 0.05) is 0 Å². The normalized spacial score (nSPS) is 11.0. The van der Waals surface area contributed by atoms with E-state index < -0.39 is 13.3 Å². The van der Waals surface area contributed by atoms with Crippen LogP contribution in [0.4, 0.5) is 22.1 Å². The number of fused-ring (bicyclic) bond motifs is 1. The van der Waals surface area contributed by atoms with Gasteiger partial charge in [0.15, 0.2) is 5.52 Å². The van der Waals surface area contributed by atoms with E-state index in [-0.39, 0.29) is 0 Å². The average molecular weight is 307 g/mol. The third-order valence-corrected chi connectivity index (χ3v) is 2.33. The molecule has 0 aliphatic rings. The minimum Gasteiger partial charge on any atom is -0.430 e. The molecule has 116 valence electrons. The molecule has 1 heterocycles. The highest BCUT2D eigenvalue weighted by Crippen LogP contribution is 2.09. The molecule has 1 aromatic heterocycles. The summed E-state index contributed by atoms with van der Waals surface area (Å²) in [6, 6.07) is 7.58. The largest absolute Gasteiger partial charge is 0.673 e. The van der Waals surface area contributed by atoms with Crippen LogP contribution in [0.2, 0.25) is 0 Å². The van der Waals surface area contributed by atoms with Gasteiger partial charge >= 0.3 is 13.3 Å². The summed E-state index contributed by atoms with van der Waals surface area (Å²) in [5, 5.41) is 4.19. The van der Waals surface area contributed by atoms with Gasteiger partial charge in [0.2, 0.25) is 5.52 Å². The van der Waals surface area contributed by atoms with Crippen LogP contribution in [0.3, 0.4) is 0 Å². The van der Waals surface area contributed by atoms with Crippen molar-refractivity contribution in [2.75, 3.05) is 6.61 Å². The van der Waals surface area contributed by atoms with Crippen LogP contribution in [-0.2, 0) is 11.3 Å². The van der Waals surface area contributed by atoms with Gasteiger partial charge in [-0.1, -0.05) is 12.1 Å². The van der Waals surface area contributed by atoms with Crippen molar-refractivity contribution in [1.29, 1.82) is 0 Å². The Morgan fingerprint density at radius 1 is 1.29 bits per heavy atom. The van der Waals surface area contributed by atoms with E-state index in [2.05, 4.69) is 5.21 Å². The van der Waals surface area contributed by atoms with Gasteiger partial charge < -0.3 is 22.0 Å². The van der Waals surface area contributed by atoms with Gasteiger partial charge in [-0.05, 0) is 30.7 Å². The summed E-state index contributed by atoms with van der Waals surface area (Å²) < 4.78 is 47.0. The van der Waals surface area contributed by atoms with Crippen LogP contribution in [0, 0.1) is 0 Å². The molecule has 0 fully saturated rings. The van der Waals surface area contributed by atoms with E-state index in [0.717, 1.165) is 11.0 Å². The topological polar surface area (TPSA) is 48.0 Å². The van der Waals surface area contributed by atoms with E-state index in [9.17, 15) is 22.1 Å². The molecule has 21 heavy (non-hydrogen) atoms. The van der Waals surface area contributed by atoms with Gasteiger partial charge in [0.05, 0.1) is 6.61 Å². The number of aromatic nitrogens is 3. The zero-order chi connectivity index (χ0) is 16.0. The van der Waals surface area contributed by atoms with Gasteiger partial charge in [-0.2, -0.15) is 4.79 Å². The second-order valence-electron chi connectivity index (χ2n) is 3.80. The molecule has 0 amide bonds. The first kappa shape index (κ1) is 16.9. The highest BCUT2D eigenvalue weighted by atomic mass is 19.5. The van der Waals surface area contributed by atoms with Gasteiger partial charge in [0.25, 0.3) is 0 Å². The number of para-hydroxylation sites is 2. The van der Waals surface area contributed by atoms with Crippen LogP contribution in [0.1, 0.15) is 13.8 Å². The van der Waals surface area contributed by atoms with Crippen molar-refractivity contribution in [3.05, 3.63) is 24.3 Å². The third-order valence-electron chi connectivity index (χ3n) is 2.33.